The first-order chi connectivity index (χ1) is 9.27. The Kier molecular flexibility index (Phi) is 10.5. The summed E-state index contributed by atoms with van der Waals surface area (Å²) in [6.07, 6.45) is 6.04. The second-order valence-corrected chi connectivity index (χ2v) is 3.73. The van der Waals surface area contributed by atoms with Gasteiger partial charge in [0.1, 0.15) is 0 Å². The summed E-state index contributed by atoms with van der Waals surface area (Å²) in [7, 11) is 1.40. The number of allylic oxidation sites excluding steroid dienone is 1. The number of esters is 1. The molecule has 0 amide bonds. The van der Waals surface area contributed by atoms with Crippen molar-refractivity contribution in [3.05, 3.63) is 41.5 Å². The van der Waals surface area contributed by atoms with E-state index < -0.39 is 0 Å². The van der Waals surface area contributed by atoms with Gasteiger partial charge in [0.05, 0.1) is 13.7 Å². The van der Waals surface area contributed by atoms with Gasteiger partial charge < -0.3 is 9.84 Å². The molecular weight excluding hydrogens is 240 g/mol. The smallest absolute Gasteiger partial charge is 0.305 e. The molecule has 19 heavy (non-hydrogen) atoms. The molecule has 0 unspecified atom stereocenters. The normalized spacial score (nSPS) is 9.89. The van der Waals surface area contributed by atoms with Crippen LogP contribution in [0.4, 0.5) is 0 Å². The zero-order valence-corrected chi connectivity index (χ0v) is 12.1. The summed E-state index contributed by atoms with van der Waals surface area (Å²) in [5.74, 6) is -0.172. The summed E-state index contributed by atoms with van der Waals surface area (Å²) in [6.45, 7) is 4.04. The number of methoxy groups -OCH3 is 1. The van der Waals surface area contributed by atoms with Crippen LogP contribution >= 0.6 is 0 Å². The maximum Gasteiger partial charge on any atom is 0.305 e. The van der Waals surface area contributed by atoms with Crippen LogP contribution < -0.4 is 0 Å². The van der Waals surface area contributed by atoms with Crippen molar-refractivity contribution in [3.8, 4) is 0 Å². The fourth-order valence-electron chi connectivity index (χ4n) is 1.52. The standard InChI is InChI=1S/C14H18O3.C2H6/c1-17-14(16)10-4-2-3-7-12-8-5-6-9-13(12)11-15;1-2/h3,5-9,15H,2,4,10-11H2,1H3;1-2H3/b7-3-;. The first-order valence-corrected chi connectivity index (χ1v) is 6.70. The van der Waals surface area contributed by atoms with Gasteiger partial charge in [0.25, 0.3) is 0 Å². The highest BCUT2D eigenvalue weighted by atomic mass is 16.5. The largest absolute Gasteiger partial charge is 0.469 e. The zero-order chi connectivity index (χ0) is 14.5. The summed E-state index contributed by atoms with van der Waals surface area (Å²) in [5.41, 5.74) is 1.93. The van der Waals surface area contributed by atoms with Crippen LogP contribution in [0.5, 0.6) is 0 Å². The highest BCUT2D eigenvalue weighted by Gasteiger charge is 1.98. The molecule has 0 aromatic heterocycles. The van der Waals surface area contributed by atoms with E-state index in [1.165, 1.54) is 7.11 Å². The number of carbonyl (C=O) groups is 1. The lowest BCUT2D eigenvalue weighted by atomic mass is 10.1. The number of rotatable bonds is 6. The summed E-state index contributed by atoms with van der Waals surface area (Å²) in [6, 6.07) is 7.70. The van der Waals surface area contributed by atoms with Crippen molar-refractivity contribution < 1.29 is 14.6 Å². The highest BCUT2D eigenvalue weighted by molar-refractivity contribution is 5.69. The minimum absolute atomic E-state index is 0.0443. The van der Waals surface area contributed by atoms with E-state index >= 15 is 0 Å². The third-order valence-corrected chi connectivity index (χ3v) is 2.50. The Labute approximate surface area is 115 Å². The number of aliphatic hydroxyl groups is 1. The van der Waals surface area contributed by atoms with Gasteiger partial charge in [-0.25, -0.2) is 0 Å². The van der Waals surface area contributed by atoms with E-state index in [-0.39, 0.29) is 12.6 Å². The zero-order valence-electron chi connectivity index (χ0n) is 12.1. The summed E-state index contributed by atoms with van der Waals surface area (Å²) >= 11 is 0. The predicted octanol–water partition coefficient (Wildman–Crippen LogP) is 3.56. The van der Waals surface area contributed by atoms with Gasteiger partial charge in [-0.1, -0.05) is 50.3 Å². The molecule has 1 aromatic carbocycles. The molecule has 106 valence electrons. The number of benzene rings is 1. The van der Waals surface area contributed by atoms with E-state index in [4.69, 9.17) is 5.11 Å². The molecule has 0 saturated heterocycles. The van der Waals surface area contributed by atoms with Crippen molar-refractivity contribution in [1.29, 1.82) is 0 Å². The quantitative estimate of drug-likeness (QED) is 0.631. The van der Waals surface area contributed by atoms with Crippen LogP contribution in [0.2, 0.25) is 0 Å². The molecule has 0 heterocycles. The number of hydrogen-bond acceptors (Lipinski definition) is 3. The van der Waals surface area contributed by atoms with Crippen LogP contribution in [0.3, 0.4) is 0 Å². The van der Waals surface area contributed by atoms with E-state index in [9.17, 15) is 4.79 Å². The Hall–Kier alpha value is -1.61. The van der Waals surface area contributed by atoms with Crippen LogP contribution in [0.15, 0.2) is 30.3 Å². The molecule has 1 aromatic rings. The van der Waals surface area contributed by atoms with Gasteiger partial charge >= 0.3 is 5.97 Å². The molecule has 0 bridgehead atoms. The van der Waals surface area contributed by atoms with E-state index in [0.29, 0.717) is 6.42 Å². The van der Waals surface area contributed by atoms with Gasteiger partial charge in [0.15, 0.2) is 0 Å². The lowest BCUT2D eigenvalue weighted by Gasteiger charge is -2.01. The van der Waals surface area contributed by atoms with Crippen LogP contribution in [-0.4, -0.2) is 18.2 Å². The highest BCUT2D eigenvalue weighted by Crippen LogP contribution is 2.11. The van der Waals surface area contributed by atoms with Gasteiger partial charge in [-0.15, -0.1) is 0 Å². The number of aliphatic hydroxyl groups excluding tert-OH is 1. The Morgan fingerprint density at radius 2 is 2.00 bits per heavy atom. The summed E-state index contributed by atoms with van der Waals surface area (Å²) in [5, 5.41) is 9.13. The van der Waals surface area contributed by atoms with Gasteiger partial charge in [-0.3, -0.25) is 4.79 Å². The van der Waals surface area contributed by atoms with Crippen molar-refractivity contribution in [2.24, 2.45) is 0 Å². The first-order valence-electron chi connectivity index (χ1n) is 6.70. The Bertz CT molecular complexity index is 383. The second kappa shape index (κ2) is 11.5. The summed E-state index contributed by atoms with van der Waals surface area (Å²) in [4.78, 5) is 10.9. The van der Waals surface area contributed by atoms with E-state index in [1.807, 2.05) is 50.3 Å². The van der Waals surface area contributed by atoms with Crippen molar-refractivity contribution in [3.63, 3.8) is 0 Å². The minimum Gasteiger partial charge on any atom is -0.469 e. The van der Waals surface area contributed by atoms with Gasteiger partial charge in [-0.2, -0.15) is 0 Å². The molecule has 1 N–H and O–H groups in total. The molecule has 3 nitrogen and oxygen atoms in total. The number of carbonyl (C=O) groups excluding carboxylic acids is 1. The van der Waals surface area contributed by atoms with Crippen molar-refractivity contribution >= 4 is 12.0 Å². The maximum atomic E-state index is 10.9. The molecule has 0 aliphatic carbocycles. The Morgan fingerprint density at radius 1 is 1.32 bits per heavy atom. The first kappa shape index (κ1) is 17.4. The lowest BCUT2D eigenvalue weighted by molar-refractivity contribution is -0.140. The van der Waals surface area contributed by atoms with Crippen molar-refractivity contribution in [2.75, 3.05) is 7.11 Å². The number of hydrogen-bond donors (Lipinski definition) is 1. The van der Waals surface area contributed by atoms with Crippen LogP contribution in [0.25, 0.3) is 6.08 Å². The SMILES string of the molecule is CC.COC(=O)CCC/C=C\c1ccccc1CO. The molecule has 3 heteroatoms. The van der Waals surface area contributed by atoms with Crippen molar-refractivity contribution in [1.82, 2.24) is 0 Å². The molecule has 0 aliphatic heterocycles. The molecule has 0 spiro atoms. The third kappa shape index (κ3) is 7.42. The average molecular weight is 264 g/mol. The average Bonchev–Trinajstić information content (AvgIpc) is 2.49. The van der Waals surface area contributed by atoms with Crippen molar-refractivity contribution in [2.45, 2.75) is 39.7 Å². The third-order valence-electron chi connectivity index (χ3n) is 2.50. The number of ether oxygens (including phenoxy) is 1. The topological polar surface area (TPSA) is 46.5 Å². The van der Waals surface area contributed by atoms with Crippen LogP contribution in [0.1, 0.15) is 44.2 Å². The Morgan fingerprint density at radius 3 is 2.63 bits per heavy atom. The van der Waals surface area contributed by atoms with Crippen LogP contribution in [0, 0.1) is 0 Å². The van der Waals surface area contributed by atoms with E-state index in [1.54, 1.807) is 0 Å². The van der Waals surface area contributed by atoms with Crippen LogP contribution in [-0.2, 0) is 16.1 Å². The molecule has 0 aliphatic rings. The monoisotopic (exact) mass is 264 g/mol. The van der Waals surface area contributed by atoms with Gasteiger partial charge in [0.2, 0.25) is 0 Å². The molecule has 0 fully saturated rings. The molecular formula is C16H24O3. The summed E-state index contributed by atoms with van der Waals surface area (Å²) < 4.78 is 4.56. The second-order valence-electron chi connectivity index (χ2n) is 3.73. The predicted molar refractivity (Wildman–Crippen MR) is 78.6 cm³/mol. The van der Waals surface area contributed by atoms with Gasteiger partial charge in [0, 0.05) is 6.42 Å². The van der Waals surface area contributed by atoms with Gasteiger partial charge in [-0.05, 0) is 24.0 Å². The number of unbranched alkanes of at least 4 members (excludes halogenated alkanes) is 1. The fraction of sp³-hybridized carbons (Fsp3) is 0.438. The fourth-order valence-corrected chi connectivity index (χ4v) is 1.52. The van der Waals surface area contributed by atoms with E-state index in [0.717, 1.165) is 24.0 Å². The Balaban J connectivity index is 0.00000154. The van der Waals surface area contributed by atoms with E-state index in [2.05, 4.69) is 4.74 Å². The molecule has 0 atom stereocenters. The lowest BCUT2D eigenvalue weighted by Crippen LogP contribution is -1.98. The molecule has 0 saturated carbocycles. The maximum absolute atomic E-state index is 10.9. The molecule has 1 rings (SSSR count). The minimum atomic E-state index is -0.172. The molecule has 0 radical (unpaired) electrons.